The number of rotatable bonds is 45. The van der Waals surface area contributed by atoms with Gasteiger partial charge < -0.3 is 29.0 Å². The van der Waals surface area contributed by atoms with Gasteiger partial charge in [0.1, 0.15) is 19.3 Å². The fourth-order valence-corrected chi connectivity index (χ4v) is 7.60. The zero-order valence-corrected chi connectivity index (χ0v) is 39.4. The normalized spacial score (nSPS) is 12.1. The minimum atomic E-state index is -0.669. The maximum Gasteiger partial charge on any atom is 0.508 e. The molecular formula is C49H96N2O8. The first kappa shape index (κ1) is 57.1. The van der Waals surface area contributed by atoms with Gasteiger partial charge in [-0.3, -0.25) is 14.5 Å². The Morgan fingerprint density at radius 2 is 0.949 bits per heavy atom. The van der Waals surface area contributed by atoms with Crippen LogP contribution >= 0.6 is 0 Å². The largest absolute Gasteiger partial charge is 0.508 e. The molecule has 0 aliphatic heterocycles. The van der Waals surface area contributed by atoms with Gasteiger partial charge in [0.25, 0.3) is 0 Å². The molecule has 0 saturated carbocycles. The molecule has 350 valence electrons. The first-order chi connectivity index (χ1) is 28.8. The van der Waals surface area contributed by atoms with Gasteiger partial charge in [0.05, 0.1) is 6.61 Å². The molecule has 0 aromatic rings. The number of carbonyl (C=O) groups is 3. The summed E-state index contributed by atoms with van der Waals surface area (Å²) in [6.45, 7) is 16.6. The average molecular weight is 841 g/mol. The van der Waals surface area contributed by atoms with Crippen molar-refractivity contribution in [3.63, 3.8) is 0 Å². The Morgan fingerprint density at radius 1 is 0.458 bits per heavy atom. The van der Waals surface area contributed by atoms with Crippen molar-refractivity contribution in [2.45, 2.75) is 227 Å². The minimum absolute atomic E-state index is 0.105. The molecule has 1 unspecified atom stereocenters. The number of hydrogen-bond donors (Lipinski definition) is 1. The van der Waals surface area contributed by atoms with Gasteiger partial charge in [-0.05, 0) is 76.8 Å². The fraction of sp³-hybridized carbons (Fsp3) is 0.939. The summed E-state index contributed by atoms with van der Waals surface area (Å²) in [7, 11) is 0. The van der Waals surface area contributed by atoms with E-state index in [0.29, 0.717) is 57.9 Å². The minimum Gasteiger partial charge on any atom is -0.466 e. The van der Waals surface area contributed by atoms with Gasteiger partial charge >= 0.3 is 18.1 Å². The maximum absolute atomic E-state index is 13.1. The molecule has 0 amide bonds. The molecule has 0 aromatic carbocycles. The summed E-state index contributed by atoms with van der Waals surface area (Å²) in [6.07, 6.45) is 29.4. The molecular weight excluding hydrogens is 745 g/mol. The lowest BCUT2D eigenvalue weighted by Gasteiger charge is -2.27. The number of likely N-dealkylation sites (N-methyl/N-ethyl adjacent to an activating group) is 1. The zero-order chi connectivity index (χ0) is 43.4. The van der Waals surface area contributed by atoms with E-state index in [2.05, 4.69) is 44.4 Å². The number of aliphatic hydroxyl groups is 1. The molecule has 0 bridgehead atoms. The smallest absolute Gasteiger partial charge is 0.466 e. The molecule has 0 heterocycles. The fourth-order valence-electron chi connectivity index (χ4n) is 7.60. The third-order valence-electron chi connectivity index (χ3n) is 11.6. The number of carbonyl (C=O) groups excluding carboxylic acids is 3. The van der Waals surface area contributed by atoms with Gasteiger partial charge in [0.15, 0.2) is 0 Å². The van der Waals surface area contributed by atoms with Crippen molar-refractivity contribution in [3.05, 3.63) is 0 Å². The van der Waals surface area contributed by atoms with E-state index >= 15 is 0 Å². The molecule has 10 heteroatoms. The molecule has 0 fully saturated rings. The lowest BCUT2D eigenvalue weighted by molar-refractivity contribution is -0.145. The molecule has 0 spiro atoms. The van der Waals surface area contributed by atoms with Crippen molar-refractivity contribution in [2.24, 2.45) is 5.92 Å². The third-order valence-corrected chi connectivity index (χ3v) is 11.6. The van der Waals surface area contributed by atoms with Crippen LogP contribution < -0.4 is 0 Å². The number of esters is 2. The van der Waals surface area contributed by atoms with Crippen LogP contribution in [-0.2, 0) is 28.5 Å². The quantitative estimate of drug-likeness (QED) is 0.0361. The first-order valence-corrected chi connectivity index (χ1v) is 25.0. The van der Waals surface area contributed by atoms with E-state index in [1.165, 1.54) is 89.9 Å². The number of nitrogens with zero attached hydrogens (tertiary/aromatic N) is 2. The van der Waals surface area contributed by atoms with Crippen molar-refractivity contribution >= 4 is 18.1 Å². The Kier molecular flexibility index (Phi) is 42.7. The van der Waals surface area contributed by atoms with Crippen LogP contribution in [0.3, 0.4) is 0 Å². The Hall–Kier alpha value is -1.91. The summed E-state index contributed by atoms with van der Waals surface area (Å²) in [4.78, 5) is 43.0. The summed E-state index contributed by atoms with van der Waals surface area (Å²) in [5.74, 6) is 0.103. The van der Waals surface area contributed by atoms with Crippen molar-refractivity contribution in [1.82, 2.24) is 9.80 Å². The summed E-state index contributed by atoms with van der Waals surface area (Å²) < 4.78 is 22.8. The molecule has 0 radical (unpaired) electrons. The summed E-state index contributed by atoms with van der Waals surface area (Å²) in [5, 5.41) is 9.26. The van der Waals surface area contributed by atoms with Crippen molar-refractivity contribution in [1.29, 1.82) is 0 Å². The number of unbranched alkanes of at least 4 members (excludes halogenated alkanes) is 17. The predicted molar refractivity (Wildman–Crippen MR) is 244 cm³/mol. The van der Waals surface area contributed by atoms with Crippen LogP contribution in [0.25, 0.3) is 0 Å². The number of hydrogen-bond acceptors (Lipinski definition) is 10. The van der Waals surface area contributed by atoms with E-state index in [9.17, 15) is 19.5 Å². The Morgan fingerprint density at radius 3 is 1.54 bits per heavy atom. The highest BCUT2D eigenvalue weighted by Crippen LogP contribution is 2.23. The molecule has 0 aromatic heterocycles. The summed E-state index contributed by atoms with van der Waals surface area (Å²) in [5.41, 5.74) is 0. The number of ether oxygens (including phenoxy) is 4. The SMILES string of the molecule is CCCCCCCCOC(=O)CCCC(CCCCCC)OC(=O)OCCN(CCOC(=O)CC(CCCCCCC)CCCCCCC)CCN(CC)CCCCO. The Labute approximate surface area is 364 Å². The van der Waals surface area contributed by atoms with Gasteiger partial charge in [0.2, 0.25) is 0 Å². The predicted octanol–water partition coefficient (Wildman–Crippen LogP) is 12.2. The van der Waals surface area contributed by atoms with Crippen LogP contribution in [0.5, 0.6) is 0 Å². The van der Waals surface area contributed by atoms with Gasteiger partial charge in [0, 0.05) is 45.6 Å². The Bertz CT molecular complexity index is 924. The van der Waals surface area contributed by atoms with Crippen LogP contribution in [0.2, 0.25) is 0 Å². The monoisotopic (exact) mass is 841 g/mol. The van der Waals surface area contributed by atoms with Gasteiger partial charge in [-0.1, -0.05) is 150 Å². The van der Waals surface area contributed by atoms with Gasteiger partial charge in [-0.2, -0.15) is 0 Å². The van der Waals surface area contributed by atoms with Crippen LogP contribution in [0, 0.1) is 5.92 Å². The third kappa shape index (κ3) is 38.7. The topological polar surface area (TPSA) is 115 Å². The van der Waals surface area contributed by atoms with Crippen LogP contribution in [0.15, 0.2) is 0 Å². The van der Waals surface area contributed by atoms with E-state index in [0.717, 1.165) is 96.8 Å². The highest BCUT2D eigenvalue weighted by atomic mass is 16.7. The van der Waals surface area contributed by atoms with Crippen molar-refractivity contribution in [3.8, 4) is 0 Å². The summed E-state index contributed by atoms with van der Waals surface area (Å²) >= 11 is 0. The molecule has 0 aliphatic rings. The molecule has 59 heavy (non-hydrogen) atoms. The lowest BCUT2D eigenvalue weighted by atomic mass is 9.91. The Balaban J connectivity index is 5.14. The maximum atomic E-state index is 13.1. The number of aliphatic hydroxyl groups excluding tert-OH is 1. The highest BCUT2D eigenvalue weighted by molar-refractivity contribution is 5.69. The first-order valence-electron chi connectivity index (χ1n) is 25.0. The van der Waals surface area contributed by atoms with Crippen LogP contribution in [0.1, 0.15) is 221 Å². The molecule has 1 atom stereocenters. The second-order valence-electron chi connectivity index (χ2n) is 17.0. The highest BCUT2D eigenvalue weighted by Gasteiger charge is 2.19. The van der Waals surface area contributed by atoms with Crippen LogP contribution in [-0.4, -0.2) is 105 Å². The van der Waals surface area contributed by atoms with Crippen molar-refractivity contribution < 1.29 is 38.4 Å². The van der Waals surface area contributed by atoms with E-state index in [-0.39, 0.29) is 31.3 Å². The van der Waals surface area contributed by atoms with E-state index < -0.39 is 6.16 Å². The van der Waals surface area contributed by atoms with Gasteiger partial charge in [-0.15, -0.1) is 0 Å². The average Bonchev–Trinajstić information content (AvgIpc) is 3.22. The van der Waals surface area contributed by atoms with E-state index in [1.807, 2.05) is 0 Å². The van der Waals surface area contributed by atoms with Crippen molar-refractivity contribution in [2.75, 3.05) is 65.7 Å². The van der Waals surface area contributed by atoms with Crippen LogP contribution in [0.4, 0.5) is 4.79 Å². The molecule has 0 rings (SSSR count). The van der Waals surface area contributed by atoms with Gasteiger partial charge in [-0.25, -0.2) is 4.79 Å². The second-order valence-corrected chi connectivity index (χ2v) is 17.0. The summed E-state index contributed by atoms with van der Waals surface area (Å²) in [6, 6.07) is 0. The molecule has 0 aliphatic carbocycles. The lowest BCUT2D eigenvalue weighted by Crippen LogP contribution is -2.39. The molecule has 0 saturated heterocycles. The zero-order valence-electron chi connectivity index (χ0n) is 39.4. The molecule has 1 N–H and O–H groups in total. The molecule has 10 nitrogen and oxygen atoms in total. The van der Waals surface area contributed by atoms with E-state index in [1.54, 1.807) is 0 Å². The standard InChI is InChI=1S/C49H96N2O8/c1-6-11-15-19-22-28-41-56-47(53)34-29-33-46(32-25-18-14-9-4)59-49(55)58-43-39-51(37-36-50(10-5)35-26-27-40-52)38-42-57-48(54)44-45(30-23-20-16-12-7-2)31-24-21-17-13-8-3/h45-46,52H,6-44H2,1-5H3. The second kappa shape index (κ2) is 44.2. The van der Waals surface area contributed by atoms with E-state index in [4.69, 9.17) is 18.9 Å².